The van der Waals surface area contributed by atoms with Gasteiger partial charge >= 0.3 is 0 Å². The Morgan fingerprint density at radius 2 is 2.14 bits per heavy atom. The van der Waals surface area contributed by atoms with E-state index in [4.69, 9.17) is 11.6 Å². The molecule has 1 fully saturated rings. The summed E-state index contributed by atoms with van der Waals surface area (Å²) in [6.07, 6.45) is 2.63. The number of halogens is 1. The number of rotatable bonds is 5. The van der Waals surface area contributed by atoms with E-state index >= 15 is 0 Å². The van der Waals surface area contributed by atoms with E-state index in [9.17, 15) is 0 Å². The summed E-state index contributed by atoms with van der Waals surface area (Å²) in [6, 6.07) is 0. The highest BCUT2D eigenvalue weighted by atomic mass is 35.5. The van der Waals surface area contributed by atoms with E-state index in [1.807, 2.05) is 0 Å². The SMILES string of the molecule is C=C(Cl)CNCC1CCN(CC)CC1. The molecule has 1 aliphatic heterocycles. The van der Waals surface area contributed by atoms with Gasteiger partial charge in [-0.2, -0.15) is 0 Å². The molecule has 1 saturated heterocycles. The lowest BCUT2D eigenvalue weighted by molar-refractivity contribution is 0.191. The van der Waals surface area contributed by atoms with Gasteiger partial charge in [-0.3, -0.25) is 0 Å². The Balaban J connectivity index is 2.07. The van der Waals surface area contributed by atoms with Crippen LogP contribution < -0.4 is 5.32 Å². The standard InChI is InChI=1S/C11H21ClN2/c1-3-14-6-4-11(5-7-14)9-13-8-10(2)12/h11,13H,2-9H2,1H3. The van der Waals surface area contributed by atoms with Gasteiger partial charge in [0.05, 0.1) is 0 Å². The first-order valence-corrected chi connectivity index (χ1v) is 5.86. The lowest BCUT2D eigenvalue weighted by Gasteiger charge is -2.31. The van der Waals surface area contributed by atoms with Crippen molar-refractivity contribution >= 4 is 11.6 Å². The summed E-state index contributed by atoms with van der Waals surface area (Å²) in [5, 5.41) is 4.04. The molecule has 0 spiro atoms. The van der Waals surface area contributed by atoms with E-state index in [-0.39, 0.29) is 0 Å². The van der Waals surface area contributed by atoms with E-state index < -0.39 is 0 Å². The van der Waals surface area contributed by atoms with Gasteiger partial charge in [-0.25, -0.2) is 0 Å². The van der Waals surface area contributed by atoms with Crippen LogP contribution in [0.15, 0.2) is 11.6 Å². The molecule has 0 radical (unpaired) electrons. The first-order valence-electron chi connectivity index (χ1n) is 5.48. The summed E-state index contributed by atoms with van der Waals surface area (Å²) in [5.41, 5.74) is 0. The van der Waals surface area contributed by atoms with Crippen molar-refractivity contribution in [2.45, 2.75) is 19.8 Å². The smallest absolute Gasteiger partial charge is 0.0307 e. The largest absolute Gasteiger partial charge is 0.312 e. The molecular formula is C11H21ClN2. The number of piperidine rings is 1. The normalized spacial score (nSPS) is 19.9. The van der Waals surface area contributed by atoms with Crippen LogP contribution in [0.5, 0.6) is 0 Å². The van der Waals surface area contributed by atoms with Crippen molar-refractivity contribution < 1.29 is 0 Å². The Hall–Kier alpha value is -0.0500. The van der Waals surface area contributed by atoms with Crippen molar-refractivity contribution in [2.24, 2.45) is 5.92 Å². The molecule has 0 aromatic rings. The molecule has 82 valence electrons. The molecule has 0 bridgehead atoms. The van der Waals surface area contributed by atoms with E-state index in [2.05, 4.69) is 23.7 Å². The van der Waals surface area contributed by atoms with Crippen LogP contribution in [0.4, 0.5) is 0 Å². The van der Waals surface area contributed by atoms with Crippen LogP contribution in [0.3, 0.4) is 0 Å². The van der Waals surface area contributed by atoms with Gasteiger partial charge in [-0.1, -0.05) is 25.1 Å². The van der Waals surface area contributed by atoms with Gasteiger partial charge in [0.2, 0.25) is 0 Å². The molecule has 0 aliphatic carbocycles. The predicted molar refractivity (Wildman–Crippen MR) is 62.7 cm³/mol. The fourth-order valence-corrected chi connectivity index (χ4v) is 2.01. The number of hydrogen-bond acceptors (Lipinski definition) is 2. The quantitative estimate of drug-likeness (QED) is 0.757. The topological polar surface area (TPSA) is 15.3 Å². The van der Waals surface area contributed by atoms with Crippen LogP contribution in [-0.4, -0.2) is 37.6 Å². The van der Waals surface area contributed by atoms with Crippen LogP contribution in [0.1, 0.15) is 19.8 Å². The van der Waals surface area contributed by atoms with E-state index in [0.717, 1.165) is 19.0 Å². The lowest BCUT2D eigenvalue weighted by Crippen LogP contribution is -2.37. The fourth-order valence-electron chi connectivity index (χ4n) is 1.92. The van der Waals surface area contributed by atoms with Crippen molar-refractivity contribution in [3.05, 3.63) is 11.6 Å². The summed E-state index contributed by atoms with van der Waals surface area (Å²) in [5.74, 6) is 0.828. The van der Waals surface area contributed by atoms with Gasteiger partial charge in [-0.15, -0.1) is 0 Å². The van der Waals surface area contributed by atoms with Gasteiger partial charge < -0.3 is 10.2 Å². The predicted octanol–water partition coefficient (Wildman–Crippen LogP) is 2.06. The van der Waals surface area contributed by atoms with Crippen molar-refractivity contribution in [2.75, 3.05) is 32.7 Å². The maximum absolute atomic E-state index is 5.68. The number of likely N-dealkylation sites (tertiary alicyclic amines) is 1. The van der Waals surface area contributed by atoms with Crippen LogP contribution in [0.2, 0.25) is 0 Å². The summed E-state index contributed by atoms with van der Waals surface area (Å²) in [6.45, 7) is 11.4. The highest BCUT2D eigenvalue weighted by Gasteiger charge is 2.17. The molecule has 0 atom stereocenters. The first kappa shape index (κ1) is 12.0. The van der Waals surface area contributed by atoms with Crippen molar-refractivity contribution in [3.8, 4) is 0 Å². The van der Waals surface area contributed by atoms with E-state index in [1.54, 1.807) is 0 Å². The monoisotopic (exact) mass is 216 g/mol. The van der Waals surface area contributed by atoms with Crippen LogP contribution in [0, 0.1) is 5.92 Å². The zero-order valence-electron chi connectivity index (χ0n) is 9.06. The minimum Gasteiger partial charge on any atom is -0.312 e. The van der Waals surface area contributed by atoms with E-state index in [0.29, 0.717) is 5.03 Å². The van der Waals surface area contributed by atoms with Gasteiger partial charge in [0.1, 0.15) is 0 Å². The molecule has 1 rings (SSSR count). The maximum Gasteiger partial charge on any atom is 0.0307 e. The number of hydrogen-bond donors (Lipinski definition) is 1. The van der Waals surface area contributed by atoms with Gasteiger partial charge in [0.25, 0.3) is 0 Å². The number of nitrogens with zero attached hydrogens (tertiary/aromatic N) is 1. The average molecular weight is 217 g/mol. The Bertz CT molecular complexity index is 174. The van der Waals surface area contributed by atoms with Crippen molar-refractivity contribution in [1.29, 1.82) is 0 Å². The molecule has 1 N–H and O–H groups in total. The molecule has 0 aromatic carbocycles. The molecule has 0 saturated carbocycles. The van der Waals surface area contributed by atoms with Gasteiger partial charge in [0, 0.05) is 11.6 Å². The summed E-state index contributed by atoms with van der Waals surface area (Å²) in [4.78, 5) is 2.51. The molecule has 0 aromatic heterocycles. The summed E-state index contributed by atoms with van der Waals surface area (Å²) >= 11 is 5.68. The Kier molecular flexibility index (Phi) is 5.53. The van der Waals surface area contributed by atoms with Crippen LogP contribution in [0.25, 0.3) is 0 Å². The highest BCUT2D eigenvalue weighted by Crippen LogP contribution is 2.15. The van der Waals surface area contributed by atoms with Gasteiger partial charge in [-0.05, 0) is 44.9 Å². The van der Waals surface area contributed by atoms with Crippen LogP contribution >= 0.6 is 11.6 Å². The molecule has 14 heavy (non-hydrogen) atoms. The fraction of sp³-hybridized carbons (Fsp3) is 0.818. The molecule has 1 aliphatic rings. The molecule has 0 unspecified atom stereocenters. The molecule has 1 heterocycles. The van der Waals surface area contributed by atoms with Crippen molar-refractivity contribution in [1.82, 2.24) is 10.2 Å². The Morgan fingerprint density at radius 1 is 1.50 bits per heavy atom. The average Bonchev–Trinajstić information content (AvgIpc) is 2.18. The van der Waals surface area contributed by atoms with Gasteiger partial charge in [0.15, 0.2) is 0 Å². The third-order valence-corrected chi connectivity index (χ3v) is 3.04. The zero-order chi connectivity index (χ0) is 10.4. The Labute approximate surface area is 92.3 Å². The van der Waals surface area contributed by atoms with E-state index in [1.165, 1.54) is 32.5 Å². The second kappa shape index (κ2) is 6.44. The maximum atomic E-state index is 5.68. The molecule has 0 amide bonds. The Morgan fingerprint density at radius 3 is 2.64 bits per heavy atom. The lowest BCUT2D eigenvalue weighted by atomic mass is 9.97. The highest BCUT2D eigenvalue weighted by molar-refractivity contribution is 6.29. The summed E-state index contributed by atoms with van der Waals surface area (Å²) < 4.78 is 0. The van der Waals surface area contributed by atoms with Crippen molar-refractivity contribution in [3.63, 3.8) is 0 Å². The summed E-state index contributed by atoms with van der Waals surface area (Å²) in [7, 11) is 0. The third kappa shape index (κ3) is 4.45. The van der Waals surface area contributed by atoms with Crippen LogP contribution in [-0.2, 0) is 0 Å². The molecule has 2 nitrogen and oxygen atoms in total. The molecular weight excluding hydrogens is 196 g/mol. The minimum atomic E-state index is 0.705. The second-order valence-corrected chi connectivity index (χ2v) is 4.56. The number of nitrogens with one attached hydrogen (secondary N) is 1. The third-order valence-electron chi connectivity index (χ3n) is 2.90. The minimum absolute atomic E-state index is 0.705. The first-order chi connectivity index (χ1) is 6.72. The molecule has 3 heteroatoms. The second-order valence-electron chi connectivity index (χ2n) is 4.03. The zero-order valence-corrected chi connectivity index (χ0v) is 9.82.